The molecule has 0 aliphatic heterocycles. The second kappa shape index (κ2) is 12.1. The molecule has 0 aliphatic rings. The number of rotatable bonds is 8. The predicted octanol–water partition coefficient (Wildman–Crippen LogP) is 6.93. The fourth-order valence-corrected chi connectivity index (χ4v) is 4.20. The SMILES string of the molecule is COc1ccc(-c2cnc(N(C)C(=O)Cc3c(F)c(F)c(F)c(F)c3C=C(C)C)c(Cc3ccccc3)n2)cc1. The number of benzene rings is 3. The van der Waals surface area contributed by atoms with Gasteiger partial charge in [-0.1, -0.05) is 42.0 Å². The molecule has 0 atom stereocenters. The molecule has 1 heterocycles. The highest BCUT2D eigenvalue weighted by molar-refractivity contribution is 5.94. The van der Waals surface area contributed by atoms with Gasteiger partial charge in [-0.3, -0.25) is 9.69 Å². The molecule has 0 spiro atoms. The summed E-state index contributed by atoms with van der Waals surface area (Å²) in [5.74, 6) is -6.91. The summed E-state index contributed by atoms with van der Waals surface area (Å²) in [6.07, 6.45) is 2.26. The fourth-order valence-electron chi connectivity index (χ4n) is 4.20. The zero-order chi connectivity index (χ0) is 29.0. The molecule has 9 heteroatoms. The smallest absolute Gasteiger partial charge is 0.232 e. The highest BCUT2D eigenvalue weighted by atomic mass is 19.2. The summed E-state index contributed by atoms with van der Waals surface area (Å²) in [6.45, 7) is 3.18. The Balaban J connectivity index is 1.74. The summed E-state index contributed by atoms with van der Waals surface area (Å²) in [5.41, 5.74) is 2.11. The second-order valence-electron chi connectivity index (χ2n) is 9.42. The van der Waals surface area contributed by atoms with Crippen LogP contribution in [0.25, 0.3) is 17.3 Å². The van der Waals surface area contributed by atoms with E-state index in [1.54, 1.807) is 33.1 Å². The summed E-state index contributed by atoms with van der Waals surface area (Å²) in [4.78, 5) is 23.8. The summed E-state index contributed by atoms with van der Waals surface area (Å²) >= 11 is 0. The number of aromatic nitrogens is 2. The number of amides is 1. The molecule has 5 nitrogen and oxygen atoms in total. The van der Waals surface area contributed by atoms with Crippen LogP contribution in [0.5, 0.6) is 5.75 Å². The van der Waals surface area contributed by atoms with Crippen LogP contribution in [-0.4, -0.2) is 30.0 Å². The summed E-state index contributed by atoms with van der Waals surface area (Å²) in [5, 5.41) is 0. The van der Waals surface area contributed by atoms with Gasteiger partial charge >= 0.3 is 0 Å². The quantitative estimate of drug-likeness (QED) is 0.136. The van der Waals surface area contributed by atoms with Crippen LogP contribution in [0.15, 0.2) is 66.4 Å². The summed E-state index contributed by atoms with van der Waals surface area (Å²) in [7, 11) is 2.99. The minimum absolute atomic E-state index is 0.193. The third kappa shape index (κ3) is 6.03. The number of carbonyl (C=O) groups is 1. The van der Waals surface area contributed by atoms with Gasteiger partial charge in [0, 0.05) is 30.2 Å². The van der Waals surface area contributed by atoms with Crippen molar-refractivity contribution < 1.29 is 27.1 Å². The van der Waals surface area contributed by atoms with Crippen molar-refractivity contribution in [3.8, 4) is 17.0 Å². The standard InChI is InChI=1S/C31H27F4N3O2/c1-18(2)14-22-23(28(33)30(35)29(34)27(22)32)16-26(39)38(3)31-24(15-19-8-6-5-7-9-19)37-25(17-36-31)20-10-12-21(40-4)13-11-20/h5-14,17H,15-16H2,1-4H3. The number of nitrogens with zero attached hydrogens (tertiary/aromatic N) is 3. The Morgan fingerprint density at radius 1 is 0.925 bits per heavy atom. The molecule has 4 rings (SSSR count). The van der Waals surface area contributed by atoms with Crippen LogP contribution in [0.1, 0.15) is 36.2 Å². The molecule has 40 heavy (non-hydrogen) atoms. The Morgan fingerprint density at radius 3 is 2.20 bits per heavy atom. The zero-order valence-corrected chi connectivity index (χ0v) is 22.4. The number of allylic oxidation sites excluding steroid dienone is 1. The lowest BCUT2D eigenvalue weighted by Crippen LogP contribution is -2.31. The maximum Gasteiger partial charge on any atom is 0.232 e. The Morgan fingerprint density at radius 2 is 1.57 bits per heavy atom. The zero-order valence-electron chi connectivity index (χ0n) is 22.4. The van der Waals surface area contributed by atoms with Crippen molar-refractivity contribution in [3.05, 3.63) is 112 Å². The van der Waals surface area contributed by atoms with Gasteiger partial charge in [-0.15, -0.1) is 0 Å². The highest BCUT2D eigenvalue weighted by Gasteiger charge is 2.27. The number of hydrogen-bond donors (Lipinski definition) is 0. The average molecular weight is 550 g/mol. The number of methoxy groups -OCH3 is 1. The monoisotopic (exact) mass is 549 g/mol. The van der Waals surface area contributed by atoms with Crippen molar-refractivity contribution in [1.82, 2.24) is 9.97 Å². The van der Waals surface area contributed by atoms with Gasteiger partial charge in [-0.25, -0.2) is 27.5 Å². The molecule has 1 aromatic heterocycles. The first-order valence-electron chi connectivity index (χ1n) is 12.4. The minimum Gasteiger partial charge on any atom is -0.497 e. The molecule has 0 unspecified atom stereocenters. The van der Waals surface area contributed by atoms with Gasteiger partial charge in [0.2, 0.25) is 5.91 Å². The second-order valence-corrected chi connectivity index (χ2v) is 9.42. The van der Waals surface area contributed by atoms with Gasteiger partial charge in [0.1, 0.15) is 5.75 Å². The van der Waals surface area contributed by atoms with Crippen LogP contribution < -0.4 is 9.64 Å². The van der Waals surface area contributed by atoms with Gasteiger partial charge < -0.3 is 4.74 Å². The maximum absolute atomic E-state index is 14.8. The van der Waals surface area contributed by atoms with E-state index in [0.29, 0.717) is 29.1 Å². The van der Waals surface area contributed by atoms with Gasteiger partial charge in [0.05, 0.1) is 31.1 Å². The number of carbonyl (C=O) groups excluding carboxylic acids is 1. The first-order chi connectivity index (χ1) is 19.1. The van der Waals surface area contributed by atoms with Crippen LogP contribution in [0, 0.1) is 23.3 Å². The van der Waals surface area contributed by atoms with E-state index in [1.807, 2.05) is 42.5 Å². The topological polar surface area (TPSA) is 55.3 Å². The van der Waals surface area contributed by atoms with Crippen molar-refractivity contribution in [2.45, 2.75) is 26.7 Å². The molecule has 0 fully saturated rings. The third-order valence-electron chi connectivity index (χ3n) is 6.28. The molecule has 0 N–H and O–H groups in total. The molecule has 3 aromatic carbocycles. The van der Waals surface area contributed by atoms with Crippen molar-refractivity contribution in [2.24, 2.45) is 0 Å². The van der Waals surface area contributed by atoms with Gasteiger partial charge in [-0.05, 0) is 43.7 Å². The minimum atomic E-state index is -1.97. The lowest BCUT2D eigenvalue weighted by molar-refractivity contribution is -0.117. The molecule has 0 bridgehead atoms. The number of halogens is 4. The largest absolute Gasteiger partial charge is 0.497 e. The fraction of sp³-hybridized carbons (Fsp3) is 0.194. The molecular formula is C31H27F4N3O2. The number of hydrogen-bond acceptors (Lipinski definition) is 4. The van der Waals surface area contributed by atoms with E-state index >= 15 is 0 Å². The average Bonchev–Trinajstić information content (AvgIpc) is 2.96. The van der Waals surface area contributed by atoms with Crippen LogP contribution in [0.3, 0.4) is 0 Å². The first kappa shape index (κ1) is 28.5. The van der Waals surface area contributed by atoms with E-state index in [-0.39, 0.29) is 5.82 Å². The van der Waals surface area contributed by atoms with E-state index in [2.05, 4.69) is 4.98 Å². The van der Waals surface area contributed by atoms with E-state index in [9.17, 15) is 22.4 Å². The van der Waals surface area contributed by atoms with Crippen molar-refractivity contribution in [3.63, 3.8) is 0 Å². The number of ether oxygens (including phenoxy) is 1. The highest BCUT2D eigenvalue weighted by Crippen LogP contribution is 2.29. The van der Waals surface area contributed by atoms with Crippen LogP contribution in [-0.2, 0) is 17.6 Å². The van der Waals surface area contributed by atoms with Gasteiger partial charge in [0.25, 0.3) is 0 Å². The summed E-state index contributed by atoms with van der Waals surface area (Å²) < 4.78 is 62.8. The predicted molar refractivity (Wildman–Crippen MR) is 146 cm³/mol. The van der Waals surface area contributed by atoms with E-state index in [4.69, 9.17) is 9.72 Å². The van der Waals surface area contributed by atoms with Crippen LogP contribution >= 0.6 is 0 Å². The third-order valence-corrected chi connectivity index (χ3v) is 6.28. The molecule has 206 valence electrons. The van der Waals surface area contributed by atoms with Crippen molar-refractivity contribution in [1.29, 1.82) is 0 Å². The normalized spacial score (nSPS) is 10.8. The Kier molecular flexibility index (Phi) is 8.62. The summed E-state index contributed by atoms with van der Waals surface area (Å²) in [6, 6.07) is 16.7. The van der Waals surface area contributed by atoms with Gasteiger partial charge in [0.15, 0.2) is 29.1 Å². The molecule has 0 aliphatic carbocycles. The molecule has 1 amide bonds. The van der Waals surface area contributed by atoms with Crippen molar-refractivity contribution in [2.75, 3.05) is 19.1 Å². The molecule has 0 saturated heterocycles. The first-order valence-corrected chi connectivity index (χ1v) is 12.4. The Bertz CT molecular complexity index is 1570. The lowest BCUT2D eigenvalue weighted by Gasteiger charge is -2.21. The van der Waals surface area contributed by atoms with Crippen LogP contribution in [0.4, 0.5) is 23.4 Å². The van der Waals surface area contributed by atoms with Gasteiger partial charge in [-0.2, -0.15) is 0 Å². The number of likely N-dealkylation sites (N-methyl/N-ethyl adjacent to an activating group) is 1. The van der Waals surface area contributed by atoms with Crippen LogP contribution in [0.2, 0.25) is 0 Å². The Labute approximate surface area is 229 Å². The van der Waals surface area contributed by atoms with E-state index < -0.39 is 46.7 Å². The van der Waals surface area contributed by atoms with E-state index in [0.717, 1.165) is 16.0 Å². The Hall–Kier alpha value is -4.53. The lowest BCUT2D eigenvalue weighted by atomic mass is 9.99. The molecule has 0 radical (unpaired) electrons. The number of anilines is 1. The van der Waals surface area contributed by atoms with Crippen molar-refractivity contribution >= 4 is 17.8 Å². The molecular weight excluding hydrogens is 522 g/mol. The van der Waals surface area contributed by atoms with E-state index in [1.165, 1.54) is 19.3 Å². The molecule has 4 aromatic rings. The maximum atomic E-state index is 14.8. The molecule has 0 saturated carbocycles.